The number of hydrogen-bond donors (Lipinski definition) is 2. The molecule has 2 rings (SSSR count). The third kappa shape index (κ3) is 2.82. The van der Waals surface area contributed by atoms with Gasteiger partial charge in [-0.25, -0.2) is 4.98 Å². The van der Waals surface area contributed by atoms with Gasteiger partial charge in [0, 0.05) is 13.0 Å². The van der Waals surface area contributed by atoms with Gasteiger partial charge in [-0.15, -0.1) is 5.10 Å². The number of rotatable bonds is 5. The first-order valence-electron chi connectivity index (χ1n) is 5.38. The summed E-state index contributed by atoms with van der Waals surface area (Å²) >= 11 is 0. The molecule has 0 spiro atoms. The Morgan fingerprint density at radius 2 is 2.00 bits per heavy atom. The highest BCUT2D eigenvalue weighted by Crippen LogP contribution is 2.11. The molecule has 0 aliphatic carbocycles. The molecule has 0 unspecified atom stereocenters. The van der Waals surface area contributed by atoms with Gasteiger partial charge in [0.25, 0.3) is 0 Å². The van der Waals surface area contributed by atoms with Crippen LogP contribution in [0.15, 0.2) is 8.83 Å². The van der Waals surface area contributed by atoms with Crippen LogP contribution in [-0.4, -0.2) is 21.7 Å². The zero-order valence-electron chi connectivity index (χ0n) is 9.86. The first-order valence-corrected chi connectivity index (χ1v) is 5.38. The molecule has 0 amide bonds. The second-order valence-electron chi connectivity index (χ2n) is 3.64. The van der Waals surface area contributed by atoms with Gasteiger partial charge >= 0.3 is 6.01 Å². The monoisotopic (exact) mass is 237 g/mol. The Hall–Kier alpha value is -1.89. The Labute approximate surface area is 98.4 Å². The van der Waals surface area contributed by atoms with Gasteiger partial charge in [0.15, 0.2) is 0 Å². The van der Waals surface area contributed by atoms with Gasteiger partial charge in [-0.1, -0.05) is 5.10 Å². The maximum Gasteiger partial charge on any atom is 0.315 e. The second-order valence-corrected chi connectivity index (χ2v) is 3.64. The SMILES string of the molecule is Cc1nc(CNc2nnc(CCN)o2)oc1C. The van der Waals surface area contributed by atoms with E-state index < -0.39 is 0 Å². The average molecular weight is 237 g/mol. The molecule has 0 aliphatic rings. The van der Waals surface area contributed by atoms with Gasteiger partial charge in [-0.3, -0.25) is 0 Å². The van der Waals surface area contributed by atoms with E-state index in [2.05, 4.69) is 20.5 Å². The largest absolute Gasteiger partial charge is 0.444 e. The minimum Gasteiger partial charge on any atom is -0.444 e. The Morgan fingerprint density at radius 3 is 2.65 bits per heavy atom. The van der Waals surface area contributed by atoms with Crippen LogP contribution in [0.25, 0.3) is 0 Å². The topological polar surface area (TPSA) is 103 Å². The molecule has 2 aromatic heterocycles. The van der Waals surface area contributed by atoms with Crippen molar-refractivity contribution in [1.29, 1.82) is 0 Å². The fraction of sp³-hybridized carbons (Fsp3) is 0.500. The highest BCUT2D eigenvalue weighted by Gasteiger charge is 2.08. The number of nitrogens with two attached hydrogens (primary N) is 1. The van der Waals surface area contributed by atoms with Crippen molar-refractivity contribution >= 4 is 6.01 Å². The molecule has 0 aromatic carbocycles. The fourth-order valence-electron chi connectivity index (χ4n) is 1.32. The molecule has 17 heavy (non-hydrogen) atoms. The smallest absolute Gasteiger partial charge is 0.315 e. The van der Waals surface area contributed by atoms with Gasteiger partial charge in [-0.05, 0) is 13.8 Å². The van der Waals surface area contributed by atoms with E-state index in [1.165, 1.54) is 0 Å². The molecular weight excluding hydrogens is 222 g/mol. The molecule has 92 valence electrons. The summed E-state index contributed by atoms with van der Waals surface area (Å²) in [6, 6.07) is 0.349. The molecule has 0 radical (unpaired) electrons. The molecule has 3 N–H and O–H groups in total. The van der Waals surface area contributed by atoms with Crippen molar-refractivity contribution in [2.75, 3.05) is 11.9 Å². The number of anilines is 1. The predicted octanol–water partition coefficient (Wildman–Crippen LogP) is 0.788. The predicted molar refractivity (Wildman–Crippen MR) is 60.4 cm³/mol. The average Bonchev–Trinajstić information content (AvgIpc) is 2.85. The molecule has 0 fully saturated rings. The summed E-state index contributed by atoms with van der Waals surface area (Å²) in [6.45, 7) is 4.67. The number of oxazole rings is 1. The lowest BCUT2D eigenvalue weighted by Crippen LogP contribution is -2.02. The van der Waals surface area contributed by atoms with Crippen LogP contribution in [0.3, 0.4) is 0 Å². The van der Waals surface area contributed by atoms with Crippen LogP contribution in [0.2, 0.25) is 0 Å². The minimum absolute atomic E-state index is 0.349. The summed E-state index contributed by atoms with van der Waals surface area (Å²) in [7, 11) is 0. The minimum atomic E-state index is 0.349. The number of nitrogens with one attached hydrogen (secondary N) is 1. The van der Waals surface area contributed by atoms with Gasteiger partial charge in [0.05, 0.1) is 12.2 Å². The molecule has 0 atom stereocenters. The van der Waals surface area contributed by atoms with E-state index in [0.29, 0.717) is 37.3 Å². The van der Waals surface area contributed by atoms with Crippen LogP contribution in [0.5, 0.6) is 0 Å². The van der Waals surface area contributed by atoms with E-state index in [-0.39, 0.29) is 0 Å². The van der Waals surface area contributed by atoms with E-state index in [1.54, 1.807) is 0 Å². The third-order valence-corrected chi connectivity index (χ3v) is 2.29. The van der Waals surface area contributed by atoms with E-state index in [0.717, 1.165) is 11.5 Å². The molecule has 0 saturated heterocycles. The molecular formula is C10H15N5O2. The quantitative estimate of drug-likeness (QED) is 0.792. The van der Waals surface area contributed by atoms with Gasteiger partial charge in [-0.2, -0.15) is 0 Å². The van der Waals surface area contributed by atoms with Crippen LogP contribution in [0.4, 0.5) is 6.01 Å². The molecule has 0 aliphatic heterocycles. The van der Waals surface area contributed by atoms with Gasteiger partial charge in [0.1, 0.15) is 5.76 Å². The Kier molecular flexibility index (Phi) is 3.38. The van der Waals surface area contributed by atoms with E-state index in [9.17, 15) is 0 Å². The molecule has 2 aromatic rings. The highest BCUT2D eigenvalue weighted by atomic mass is 16.4. The first kappa shape index (κ1) is 11.6. The van der Waals surface area contributed by atoms with Gasteiger partial charge in [0.2, 0.25) is 11.8 Å². The molecule has 7 nitrogen and oxygen atoms in total. The molecule has 7 heteroatoms. The normalized spacial score (nSPS) is 10.8. The second kappa shape index (κ2) is 4.96. The Balaban J connectivity index is 1.92. The van der Waals surface area contributed by atoms with Crippen LogP contribution in [0, 0.1) is 13.8 Å². The maximum absolute atomic E-state index is 5.41. The summed E-state index contributed by atoms with van der Waals surface area (Å²) in [5.41, 5.74) is 6.27. The molecule has 0 saturated carbocycles. The van der Waals surface area contributed by atoms with Crippen molar-refractivity contribution in [2.45, 2.75) is 26.8 Å². The van der Waals surface area contributed by atoms with Crippen LogP contribution >= 0.6 is 0 Å². The van der Waals surface area contributed by atoms with E-state index in [4.69, 9.17) is 14.6 Å². The van der Waals surface area contributed by atoms with Crippen LogP contribution in [-0.2, 0) is 13.0 Å². The summed E-state index contributed by atoms with van der Waals surface area (Å²) in [5, 5.41) is 10.6. The van der Waals surface area contributed by atoms with Crippen molar-refractivity contribution in [2.24, 2.45) is 5.73 Å². The van der Waals surface area contributed by atoms with Gasteiger partial charge < -0.3 is 19.9 Å². The summed E-state index contributed by atoms with van der Waals surface area (Å²) in [6.07, 6.45) is 0.575. The molecule has 0 bridgehead atoms. The number of aromatic nitrogens is 3. The first-order chi connectivity index (χ1) is 8.19. The van der Waals surface area contributed by atoms with Crippen molar-refractivity contribution in [3.8, 4) is 0 Å². The summed E-state index contributed by atoms with van der Waals surface area (Å²) in [4.78, 5) is 4.23. The van der Waals surface area contributed by atoms with Crippen molar-refractivity contribution < 1.29 is 8.83 Å². The zero-order chi connectivity index (χ0) is 12.3. The van der Waals surface area contributed by atoms with Crippen molar-refractivity contribution in [3.63, 3.8) is 0 Å². The van der Waals surface area contributed by atoms with Crippen LogP contribution in [0.1, 0.15) is 23.2 Å². The van der Waals surface area contributed by atoms with Crippen LogP contribution < -0.4 is 11.1 Å². The molecule has 2 heterocycles. The highest BCUT2D eigenvalue weighted by molar-refractivity contribution is 5.18. The Morgan fingerprint density at radius 1 is 1.18 bits per heavy atom. The number of aryl methyl sites for hydroxylation is 2. The summed E-state index contributed by atoms with van der Waals surface area (Å²) in [5.74, 6) is 1.93. The lowest BCUT2D eigenvalue weighted by Gasteiger charge is -1.95. The third-order valence-electron chi connectivity index (χ3n) is 2.29. The Bertz CT molecular complexity index is 471. The van der Waals surface area contributed by atoms with Crippen molar-refractivity contribution in [1.82, 2.24) is 15.2 Å². The lowest BCUT2D eigenvalue weighted by molar-refractivity contribution is 0.468. The van der Waals surface area contributed by atoms with E-state index in [1.807, 2.05) is 13.8 Å². The number of nitrogens with zero attached hydrogens (tertiary/aromatic N) is 3. The van der Waals surface area contributed by atoms with Crippen molar-refractivity contribution in [3.05, 3.63) is 23.2 Å². The summed E-state index contributed by atoms with van der Waals surface area (Å²) < 4.78 is 10.7. The standard InChI is InChI=1S/C10H15N5O2/c1-6-7(2)16-9(13-6)5-12-10-15-14-8(17-10)3-4-11/h3-5,11H2,1-2H3,(H,12,15). The fourth-order valence-corrected chi connectivity index (χ4v) is 1.32. The zero-order valence-corrected chi connectivity index (χ0v) is 9.86. The lowest BCUT2D eigenvalue weighted by atomic mass is 10.4. The number of hydrogen-bond acceptors (Lipinski definition) is 7. The maximum atomic E-state index is 5.41. The van der Waals surface area contributed by atoms with E-state index >= 15 is 0 Å².